The van der Waals surface area contributed by atoms with Gasteiger partial charge in [-0.15, -0.1) is 0 Å². The van der Waals surface area contributed by atoms with Gasteiger partial charge < -0.3 is 25.1 Å². The lowest BCUT2D eigenvalue weighted by Gasteiger charge is -2.57. The number of carbonyl (C=O) groups is 2. The molecule has 0 unspecified atom stereocenters. The van der Waals surface area contributed by atoms with Crippen LogP contribution in [-0.4, -0.2) is 58.8 Å². The maximum absolute atomic E-state index is 12.7. The zero-order valence-corrected chi connectivity index (χ0v) is 24.2. The molecule has 5 aliphatic rings. The maximum Gasteiger partial charge on any atom is 0.305 e. The van der Waals surface area contributed by atoms with E-state index in [1.807, 2.05) is 13.8 Å². The number of hydrogen-bond donors (Lipinski definition) is 3. The van der Waals surface area contributed by atoms with Crippen molar-refractivity contribution in [2.24, 2.45) is 39.7 Å². The first-order chi connectivity index (χ1) is 18.4. The molecule has 0 spiro atoms. The molecule has 0 aromatic heterocycles. The van der Waals surface area contributed by atoms with Crippen LogP contribution in [0.25, 0.3) is 0 Å². The number of carboxylic acids is 1. The summed E-state index contributed by atoms with van der Waals surface area (Å²) in [6, 6.07) is -0.458. The van der Waals surface area contributed by atoms with Gasteiger partial charge in [0.1, 0.15) is 0 Å². The van der Waals surface area contributed by atoms with Gasteiger partial charge in [-0.3, -0.25) is 9.59 Å². The van der Waals surface area contributed by atoms with Crippen molar-refractivity contribution in [1.29, 1.82) is 0 Å². The third-order valence-electron chi connectivity index (χ3n) is 11.3. The van der Waals surface area contributed by atoms with Crippen LogP contribution in [0.5, 0.6) is 0 Å². The molecule has 0 aromatic carbocycles. The van der Waals surface area contributed by atoms with Crippen LogP contribution < -0.4 is 5.32 Å². The van der Waals surface area contributed by atoms with E-state index in [1.54, 1.807) is 0 Å². The molecule has 1 heterocycles. The van der Waals surface area contributed by atoms with Gasteiger partial charge in [0.15, 0.2) is 6.61 Å². The van der Waals surface area contributed by atoms with Gasteiger partial charge in [-0.25, -0.2) is 0 Å². The minimum Gasteiger partial charge on any atom is -0.481 e. The van der Waals surface area contributed by atoms with Crippen LogP contribution in [0.15, 0.2) is 16.8 Å². The van der Waals surface area contributed by atoms with E-state index in [0.717, 1.165) is 50.7 Å². The van der Waals surface area contributed by atoms with E-state index < -0.39 is 12.0 Å². The number of carbonyl (C=O) groups excluding carboxylic acids is 1. The summed E-state index contributed by atoms with van der Waals surface area (Å²) in [5, 5.41) is 27.3. The standard InChI is InChI=1S/C31H48N2O6/c1-29(2)17-19(11-14-38-29)25(16-28(36)37)32-27(35)18-39-33-21-9-12-30(3)20(15-21)5-6-22-23-7-8-26(34)31(23,4)13-10-24(22)30/h15,19,22-26,34H,5-14,16-18H2,1-4H3,(H,32,35)(H,36,37)/b33-21+/t19-,22-,23-,24+,25-,26-,30+,31+/m1/s1. The predicted molar refractivity (Wildman–Crippen MR) is 148 cm³/mol. The van der Waals surface area contributed by atoms with Gasteiger partial charge in [0.05, 0.1) is 23.8 Å². The number of aliphatic hydroxyl groups is 1. The van der Waals surface area contributed by atoms with Gasteiger partial charge in [0.25, 0.3) is 5.91 Å². The van der Waals surface area contributed by atoms with E-state index in [0.29, 0.717) is 30.8 Å². The average Bonchev–Trinajstić information content (AvgIpc) is 3.17. The molecular formula is C31H48N2O6. The third-order valence-corrected chi connectivity index (χ3v) is 11.3. The maximum atomic E-state index is 12.7. The van der Waals surface area contributed by atoms with Crippen molar-refractivity contribution in [3.05, 3.63) is 11.6 Å². The second-order valence-corrected chi connectivity index (χ2v) is 14.1. The van der Waals surface area contributed by atoms with Gasteiger partial charge >= 0.3 is 5.97 Å². The molecule has 8 heteroatoms. The zero-order chi connectivity index (χ0) is 28.0. The van der Waals surface area contributed by atoms with Crippen LogP contribution in [0.1, 0.15) is 98.3 Å². The van der Waals surface area contributed by atoms with Crippen molar-refractivity contribution in [2.45, 2.75) is 116 Å². The monoisotopic (exact) mass is 544 g/mol. The smallest absolute Gasteiger partial charge is 0.305 e. The number of aliphatic hydroxyl groups excluding tert-OH is 1. The minimum atomic E-state index is -0.927. The highest BCUT2D eigenvalue weighted by atomic mass is 16.6. The highest BCUT2D eigenvalue weighted by Crippen LogP contribution is 2.65. The number of nitrogens with zero attached hydrogens (tertiary/aromatic N) is 1. The molecule has 8 nitrogen and oxygen atoms in total. The average molecular weight is 545 g/mol. The molecule has 4 fully saturated rings. The van der Waals surface area contributed by atoms with Gasteiger partial charge in [-0.1, -0.05) is 24.6 Å². The van der Waals surface area contributed by atoms with Crippen LogP contribution in [-0.2, 0) is 19.2 Å². The van der Waals surface area contributed by atoms with Crippen molar-refractivity contribution in [1.82, 2.24) is 5.32 Å². The number of fused-ring (bicyclic) bond motifs is 5. The molecule has 0 radical (unpaired) electrons. The van der Waals surface area contributed by atoms with E-state index in [2.05, 4.69) is 30.4 Å². The Hall–Kier alpha value is -1.93. The Morgan fingerprint density at radius 3 is 2.64 bits per heavy atom. The van der Waals surface area contributed by atoms with Crippen LogP contribution in [0, 0.1) is 34.5 Å². The second-order valence-electron chi connectivity index (χ2n) is 14.1. The van der Waals surface area contributed by atoms with E-state index in [4.69, 9.17) is 9.57 Å². The highest BCUT2D eigenvalue weighted by Gasteiger charge is 2.58. The summed E-state index contributed by atoms with van der Waals surface area (Å²) in [4.78, 5) is 29.7. The van der Waals surface area contributed by atoms with Crippen LogP contribution >= 0.6 is 0 Å². The number of nitrogens with one attached hydrogen (secondary N) is 1. The molecule has 0 bridgehead atoms. The summed E-state index contributed by atoms with van der Waals surface area (Å²) in [6.45, 7) is 9.10. The molecule has 39 heavy (non-hydrogen) atoms. The number of allylic oxidation sites excluding steroid dienone is 2. The predicted octanol–water partition coefficient (Wildman–Crippen LogP) is 4.85. The fraction of sp³-hybridized carbons (Fsp3) is 0.839. The van der Waals surface area contributed by atoms with Gasteiger partial charge in [-0.05, 0) is 119 Å². The zero-order valence-electron chi connectivity index (χ0n) is 24.2. The Labute approximate surface area is 233 Å². The topological polar surface area (TPSA) is 117 Å². The lowest BCUT2D eigenvalue weighted by atomic mass is 9.47. The lowest BCUT2D eigenvalue weighted by molar-refractivity contribution is -0.139. The molecular weight excluding hydrogens is 496 g/mol. The first-order valence-electron chi connectivity index (χ1n) is 15.1. The highest BCUT2D eigenvalue weighted by molar-refractivity contribution is 5.96. The van der Waals surface area contributed by atoms with Gasteiger partial charge in [-0.2, -0.15) is 0 Å². The summed E-state index contributed by atoms with van der Waals surface area (Å²) in [5.41, 5.74) is 2.30. The fourth-order valence-electron chi connectivity index (χ4n) is 9.18. The van der Waals surface area contributed by atoms with Crippen molar-refractivity contribution in [2.75, 3.05) is 13.2 Å². The second kappa shape index (κ2) is 10.8. The molecule has 218 valence electrons. The number of rotatable bonds is 7. The molecule has 5 rings (SSSR count). The Bertz CT molecular complexity index is 1020. The molecule has 8 atom stereocenters. The summed E-state index contributed by atoms with van der Waals surface area (Å²) < 4.78 is 5.77. The first-order valence-corrected chi connectivity index (χ1v) is 15.1. The fourth-order valence-corrected chi connectivity index (χ4v) is 9.18. The number of oxime groups is 1. The quantitative estimate of drug-likeness (QED) is 0.395. The number of carboxylic acid groups (broad SMARTS) is 1. The molecule has 3 N–H and O–H groups in total. The van der Waals surface area contributed by atoms with Crippen molar-refractivity contribution in [3.8, 4) is 0 Å². The number of hydrogen-bond acceptors (Lipinski definition) is 6. The summed E-state index contributed by atoms with van der Waals surface area (Å²) in [5.74, 6) is 0.772. The van der Waals surface area contributed by atoms with Gasteiger partial charge in [0, 0.05) is 12.6 Å². The number of aliphatic carboxylic acids is 1. The largest absolute Gasteiger partial charge is 0.481 e. The Balaban J connectivity index is 1.18. The van der Waals surface area contributed by atoms with Gasteiger partial charge in [0.2, 0.25) is 0 Å². The molecule has 1 saturated heterocycles. The normalized spacial score (nSPS) is 41.0. The van der Waals surface area contributed by atoms with Crippen molar-refractivity contribution >= 4 is 17.6 Å². The molecule has 1 aliphatic heterocycles. The Morgan fingerprint density at radius 2 is 1.90 bits per heavy atom. The first kappa shape index (κ1) is 28.6. The molecule has 3 saturated carbocycles. The molecule has 1 amide bonds. The number of ether oxygens (including phenoxy) is 1. The molecule has 0 aromatic rings. The molecule has 4 aliphatic carbocycles. The number of amides is 1. The SMILES string of the molecule is CC1(C)C[C@H]([C@@H](CC(=O)O)NC(=O)CO/N=C2/C=C3CC[C@@H]4[C@H]5CC[C@@H](O)[C@@]5(C)CC[C@@H]4[C@@]3(C)CC2)CCO1. The van der Waals surface area contributed by atoms with Crippen molar-refractivity contribution in [3.63, 3.8) is 0 Å². The van der Waals surface area contributed by atoms with E-state index >= 15 is 0 Å². The van der Waals surface area contributed by atoms with Crippen molar-refractivity contribution < 1.29 is 29.4 Å². The summed E-state index contributed by atoms with van der Waals surface area (Å²) in [6.07, 6.45) is 11.9. The lowest BCUT2D eigenvalue weighted by Crippen LogP contribution is -2.51. The van der Waals surface area contributed by atoms with E-state index in [-0.39, 0.29) is 47.4 Å². The van der Waals surface area contributed by atoms with Crippen LogP contribution in [0.3, 0.4) is 0 Å². The summed E-state index contributed by atoms with van der Waals surface area (Å²) >= 11 is 0. The summed E-state index contributed by atoms with van der Waals surface area (Å²) in [7, 11) is 0. The van der Waals surface area contributed by atoms with E-state index in [1.165, 1.54) is 18.4 Å². The third kappa shape index (κ3) is 5.65. The van der Waals surface area contributed by atoms with Crippen LogP contribution in [0.4, 0.5) is 0 Å². The Morgan fingerprint density at radius 1 is 1.10 bits per heavy atom. The Kier molecular flexibility index (Phi) is 7.92. The minimum absolute atomic E-state index is 0.0427. The van der Waals surface area contributed by atoms with Crippen LogP contribution in [0.2, 0.25) is 0 Å². The van der Waals surface area contributed by atoms with E-state index in [9.17, 15) is 19.8 Å².